The quantitative estimate of drug-likeness (QED) is 0.314. The first kappa shape index (κ1) is 21.4. The van der Waals surface area contributed by atoms with Crippen molar-refractivity contribution in [3.8, 4) is 17.5 Å². The number of aromatic nitrogens is 1. The molecule has 0 fully saturated rings. The monoisotopic (exact) mass is 427 g/mol. The minimum atomic E-state index is -0.615. The van der Waals surface area contributed by atoms with Crippen LogP contribution in [0.25, 0.3) is 22.6 Å². The van der Waals surface area contributed by atoms with E-state index in [0.717, 1.165) is 39.2 Å². The average Bonchev–Trinajstić information content (AvgIpc) is 3.26. The molecule has 1 aliphatic heterocycles. The molecule has 0 atom stereocenters. The molecule has 4 rings (SSSR count). The van der Waals surface area contributed by atoms with Crippen LogP contribution < -0.4 is 4.90 Å². The van der Waals surface area contributed by atoms with Gasteiger partial charge < -0.3 is 14.1 Å². The number of carbonyl (C=O) groups is 1. The van der Waals surface area contributed by atoms with Crippen LogP contribution in [-0.4, -0.2) is 24.6 Å². The molecule has 2 heterocycles. The Bertz CT molecular complexity index is 1320. The number of nitrogens with zero attached hydrogens (tertiary/aromatic N) is 3. The van der Waals surface area contributed by atoms with Crippen LogP contribution in [0.4, 0.5) is 5.69 Å². The Labute approximate surface area is 187 Å². The topological polar surface area (TPSA) is 79.4 Å². The van der Waals surface area contributed by atoms with Gasteiger partial charge in [-0.15, -0.1) is 0 Å². The lowest BCUT2D eigenvalue weighted by molar-refractivity contribution is -0.138. The molecule has 0 radical (unpaired) electrons. The number of likely N-dealkylation sites (N-methyl/N-ethyl adjacent to an activating group) is 1. The highest BCUT2D eigenvalue weighted by molar-refractivity contribution is 5.93. The number of aryl methyl sites for hydroxylation is 1. The third kappa shape index (κ3) is 3.56. The standard InChI is InChI=1S/C26H25N3O3/c1-6-31-25(30)18(15-27)9-12-23-26(3,4)19-14-17(8-10-21(19)29(23)5)24-28-20-13-16(2)7-11-22(20)32-24/h7-14H,6H2,1-5H3/b18-9-,23-12-. The van der Waals surface area contributed by atoms with Gasteiger partial charge in [0.15, 0.2) is 5.58 Å². The number of hydrogen-bond acceptors (Lipinski definition) is 6. The first-order valence-electron chi connectivity index (χ1n) is 10.5. The Morgan fingerprint density at radius 1 is 1.28 bits per heavy atom. The van der Waals surface area contributed by atoms with Gasteiger partial charge >= 0.3 is 5.97 Å². The van der Waals surface area contributed by atoms with Gasteiger partial charge in [-0.25, -0.2) is 9.78 Å². The van der Waals surface area contributed by atoms with Crippen molar-refractivity contribution < 1.29 is 13.9 Å². The molecular weight excluding hydrogens is 402 g/mol. The summed E-state index contributed by atoms with van der Waals surface area (Å²) in [6.07, 6.45) is 3.35. The van der Waals surface area contributed by atoms with Crippen LogP contribution in [0.2, 0.25) is 0 Å². The van der Waals surface area contributed by atoms with Gasteiger partial charge in [0.25, 0.3) is 0 Å². The summed E-state index contributed by atoms with van der Waals surface area (Å²) >= 11 is 0. The molecule has 0 bridgehead atoms. The van der Waals surface area contributed by atoms with Gasteiger partial charge in [0.2, 0.25) is 5.89 Å². The molecule has 32 heavy (non-hydrogen) atoms. The van der Waals surface area contributed by atoms with Gasteiger partial charge in [-0.3, -0.25) is 0 Å². The Kier molecular flexibility index (Phi) is 5.35. The van der Waals surface area contributed by atoms with Gasteiger partial charge in [0, 0.05) is 29.4 Å². The number of benzene rings is 2. The maximum atomic E-state index is 12.0. The minimum Gasteiger partial charge on any atom is -0.462 e. The lowest BCUT2D eigenvalue weighted by atomic mass is 9.83. The van der Waals surface area contributed by atoms with Crippen molar-refractivity contribution in [1.29, 1.82) is 5.26 Å². The van der Waals surface area contributed by atoms with Crippen LogP contribution in [0, 0.1) is 18.3 Å². The Morgan fingerprint density at radius 3 is 2.78 bits per heavy atom. The Balaban J connectivity index is 1.74. The van der Waals surface area contributed by atoms with Crippen molar-refractivity contribution in [1.82, 2.24) is 4.98 Å². The van der Waals surface area contributed by atoms with Gasteiger partial charge in [-0.2, -0.15) is 5.26 Å². The van der Waals surface area contributed by atoms with Crippen LogP contribution >= 0.6 is 0 Å². The van der Waals surface area contributed by atoms with E-state index < -0.39 is 5.97 Å². The van der Waals surface area contributed by atoms with E-state index >= 15 is 0 Å². The summed E-state index contributed by atoms with van der Waals surface area (Å²) in [5, 5.41) is 9.33. The zero-order chi connectivity index (χ0) is 23.0. The summed E-state index contributed by atoms with van der Waals surface area (Å²) in [5.41, 5.74) is 6.40. The smallest absolute Gasteiger partial charge is 0.348 e. The fourth-order valence-electron chi connectivity index (χ4n) is 4.15. The molecule has 0 unspecified atom stereocenters. The third-order valence-corrected chi connectivity index (χ3v) is 5.85. The number of esters is 1. The number of rotatable bonds is 4. The van der Waals surface area contributed by atoms with Crippen LogP contribution in [0.5, 0.6) is 0 Å². The minimum absolute atomic E-state index is 0.0260. The highest BCUT2D eigenvalue weighted by atomic mass is 16.5. The summed E-state index contributed by atoms with van der Waals surface area (Å²) in [5.74, 6) is -0.0328. The van der Waals surface area contributed by atoms with E-state index in [1.807, 2.05) is 56.4 Å². The molecule has 2 aromatic carbocycles. The summed E-state index contributed by atoms with van der Waals surface area (Å²) in [6, 6.07) is 14.0. The van der Waals surface area contributed by atoms with Gasteiger partial charge in [0.1, 0.15) is 17.2 Å². The number of oxazole rings is 1. The molecule has 6 nitrogen and oxygen atoms in total. The largest absolute Gasteiger partial charge is 0.462 e. The molecule has 1 aromatic heterocycles. The van der Waals surface area contributed by atoms with Crippen LogP contribution in [0.15, 0.2) is 64.2 Å². The van der Waals surface area contributed by atoms with E-state index in [-0.39, 0.29) is 17.6 Å². The molecule has 6 heteroatoms. The van der Waals surface area contributed by atoms with E-state index in [1.54, 1.807) is 6.92 Å². The molecular formula is C26H25N3O3. The van der Waals surface area contributed by atoms with E-state index in [1.165, 1.54) is 6.08 Å². The van der Waals surface area contributed by atoms with Crippen molar-refractivity contribution in [3.63, 3.8) is 0 Å². The van der Waals surface area contributed by atoms with E-state index in [4.69, 9.17) is 9.15 Å². The lowest BCUT2D eigenvalue weighted by Gasteiger charge is -2.23. The Morgan fingerprint density at radius 2 is 2.06 bits per heavy atom. The highest BCUT2D eigenvalue weighted by Gasteiger charge is 2.38. The molecule has 0 saturated carbocycles. The molecule has 0 amide bonds. The molecule has 0 N–H and O–H groups in total. The number of nitriles is 1. The second-order valence-electron chi connectivity index (χ2n) is 8.37. The second kappa shape index (κ2) is 8.01. The molecule has 3 aromatic rings. The zero-order valence-electron chi connectivity index (χ0n) is 18.9. The summed E-state index contributed by atoms with van der Waals surface area (Å²) in [7, 11) is 1.98. The Hall–Kier alpha value is -3.85. The van der Waals surface area contributed by atoms with Crippen molar-refractivity contribution in [2.45, 2.75) is 33.1 Å². The van der Waals surface area contributed by atoms with Gasteiger partial charge in [-0.05, 0) is 67.5 Å². The third-order valence-electron chi connectivity index (χ3n) is 5.85. The van der Waals surface area contributed by atoms with E-state index in [0.29, 0.717) is 5.89 Å². The van der Waals surface area contributed by atoms with Crippen molar-refractivity contribution in [2.24, 2.45) is 0 Å². The highest BCUT2D eigenvalue weighted by Crippen LogP contribution is 2.48. The predicted molar refractivity (Wildman–Crippen MR) is 124 cm³/mol. The van der Waals surface area contributed by atoms with E-state index in [9.17, 15) is 10.1 Å². The molecule has 0 spiro atoms. The summed E-state index contributed by atoms with van der Waals surface area (Å²) in [6.45, 7) is 8.20. The maximum Gasteiger partial charge on any atom is 0.348 e. The van der Waals surface area contributed by atoms with Crippen LogP contribution in [0.1, 0.15) is 31.9 Å². The predicted octanol–water partition coefficient (Wildman–Crippen LogP) is 5.43. The van der Waals surface area contributed by atoms with Gasteiger partial charge in [0.05, 0.1) is 6.61 Å². The van der Waals surface area contributed by atoms with Crippen LogP contribution in [-0.2, 0) is 14.9 Å². The maximum absolute atomic E-state index is 12.0. The number of carbonyl (C=O) groups excluding carboxylic acids is 1. The average molecular weight is 428 g/mol. The molecule has 1 aliphatic rings. The summed E-state index contributed by atoms with van der Waals surface area (Å²) in [4.78, 5) is 18.7. The molecule has 0 aliphatic carbocycles. The normalized spacial score (nSPS) is 16.3. The first-order valence-corrected chi connectivity index (χ1v) is 10.5. The van der Waals surface area contributed by atoms with Crippen molar-refractivity contribution >= 4 is 22.8 Å². The number of ether oxygens (including phenoxy) is 1. The van der Waals surface area contributed by atoms with Gasteiger partial charge in [-0.1, -0.05) is 19.9 Å². The number of anilines is 1. The van der Waals surface area contributed by atoms with Crippen LogP contribution in [0.3, 0.4) is 0 Å². The molecule has 0 saturated heterocycles. The zero-order valence-corrected chi connectivity index (χ0v) is 18.9. The van der Waals surface area contributed by atoms with E-state index in [2.05, 4.69) is 29.8 Å². The summed E-state index contributed by atoms with van der Waals surface area (Å²) < 4.78 is 11.0. The lowest BCUT2D eigenvalue weighted by Crippen LogP contribution is -2.22. The van der Waals surface area contributed by atoms with Crippen molar-refractivity contribution in [3.05, 3.63) is 70.9 Å². The number of fused-ring (bicyclic) bond motifs is 2. The van der Waals surface area contributed by atoms with Crippen molar-refractivity contribution in [2.75, 3.05) is 18.6 Å². The first-order chi connectivity index (χ1) is 15.3. The number of allylic oxidation sites excluding steroid dienone is 3. The molecule has 162 valence electrons. The fourth-order valence-corrected chi connectivity index (χ4v) is 4.15. The SMILES string of the molecule is CCOC(=O)/C(C#N)=C\C=C1/N(C)c2ccc(-c3nc4cc(C)ccc4o3)cc2C1(C)C. The fraction of sp³-hybridized carbons (Fsp3) is 0.269. The number of hydrogen-bond donors (Lipinski definition) is 0. The second-order valence-corrected chi connectivity index (χ2v) is 8.37.